The number of benzene rings is 3. The zero-order valence-electron chi connectivity index (χ0n) is 22.6. The molecule has 39 heavy (non-hydrogen) atoms. The Bertz CT molecular complexity index is 1440. The number of ether oxygens (including phenoxy) is 1. The lowest BCUT2D eigenvalue weighted by atomic mass is 9.93. The van der Waals surface area contributed by atoms with Gasteiger partial charge < -0.3 is 14.7 Å². The summed E-state index contributed by atoms with van der Waals surface area (Å²) < 4.78 is 19.5. The standard InChI is InChI=1S/C32H34FN3O3/c1-4-5-6-7-16-39-25-14-10-23(11-15-25)31-28-29(27-21(3)17-20(2)18-26(27)37)34-35-30(28)32(38)36(31)19-22-8-12-24(33)13-9-22/h8-15,17-18,31,37H,4-7,16,19H2,1-3H3,(H,34,35). The minimum atomic E-state index is -0.454. The van der Waals surface area contributed by atoms with E-state index in [1.54, 1.807) is 23.1 Å². The fraction of sp³-hybridized carbons (Fsp3) is 0.312. The highest BCUT2D eigenvalue weighted by molar-refractivity contribution is 6.00. The summed E-state index contributed by atoms with van der Waals surface area (Å²) in [5.74, 6) is 0.384. The largest absolute Gasteiger partial charge is 0.507 e. The second-order valence-electron chi connectivity index (χ2n) is 10.3. The maximum absolute atomic E-state index is 13.7. The van der Waals surface area contributed by atoms with Gasteiger partial charge in [-0.1, -0.05) is 56.5 Å². The van der Waals surface area contributed by atoms with Crippen molar-refractivity contribution in [3.63, 3.8) is 0 Å². The van der Waals surface area contributed by atoms with E-state index in [4.69, 9.17) is 4.74 Å². The molecule has 0 spiro atoms. The van der Waals surface area contributed by atoms with Crippen molar-refractivity contribution in [1.82, 2.24) is 15.1 Å². The van der Waals surface area contributed by atoms with Crippen LogP contribution in [0.4, 0.5) is 4.39 Å². The van der Waals surface area contributed by atoms with Crippen LogP contribution in [0.1, 0.15) is 77.0 Å². The van der Waals surface area contributed by atoms with E-state index in [2.05, 4.69) is 17.1 Å². The molecule has 3 aromatic carbocycles. The molecule has 4 aromatic rings. The van der Waals surface area contributed by atoms with Gasteiger partial charge in [0.1, 0.15) is 28.7 Å². The minimum absolute atomic E-state index is 0.122. The van der Waals surface area contributed by atoms with Crippen molar-refractivity contribution in [2.75, 3.05) is 6.61 Å². The van der Waals surface area contributed by atoms with Gasteiger partial charge in [0.25, 0.3) is 5.91 Å². The molecular formula is C32H34FN3O3. The van der Waals surface area contributed by atoms with Gasteiger partial charge in [0.2, 0.25) is 0 Å². The number of rotatable bonds is 10. The van der Waals surface area contributed by atoms with Gasteiger partial charge in [0.05, 0.1) is 12.6 Å². The van der Waals surface area contributed by atoms with Crippen LogP contribution in [-0.2, 0) is 6.54 Å². The number of hydrogen-bond acceptors (Lipinski definition) is 4. The first-order valence-electron chi connectivity index (χ1n) is 13.5. The van der Waals surface area contributed by atoms with Crippen molar-refractivity contribution in [3.05, 3.63) is 100.0 Å². The van der Waals surface area contributed by atoms with E-state index in [9.17, 15) is 14.3 Å². The lowest BCUT2D eigenvalue weighted by Crippen LogP contribution is -2.29. The third kappa shape index (κ3) is 5.39. The number of aromatic nitrogens is 2. The molecule has 2 heterocycles. The summed E-state index contributed by atoms with van der Waals surface area (Å²) in [6, 6.07) is 17.2. The Morgan fingerprint density at radius 3 is 2.46 bits per heavy atom. The Kier molecular flexibility index (Phi) is 7.68. The lowest BCUT2D eigenvalue weighted by Gasteiger charge is -2.27. The number of hydrogen-bond donors (Lipinski definition) is 2. The molecule has 6 nitrogen and oxygen atoms in total. The zero-order chi connectivity index (χ0) is 27.5. The maximum atomic E-state index is 13.7. The number of aryl methyl sites for hydroxylation is 2. The predicted molar refractivity (Wildman–Crippen MR) is 149 cm³/mol. The minimum Gasteiger partial charge on any atom is -0.507 e. The first-order valence-corrected chi connectivity index (χ1v) is 13.5. The summed E-state index contributed by atoms with van der Waals surface area (Å²) in [6.45, 7) is 7.00. The average Bonchev–Trinajstić information content (AvgIpc) is 3.44. The second-order valence-corrected chi connectivity index (χ2v) is 10.3. The quantitative estimate of drug-likeness (QED) is 0.213. The summed E-state index contributed by atoms with van der Waals surface area (Å²) in [5.41, 5.74) is 5.80. The number of halogens is 1. The van der Waals surface area contributed by atoms with Gasteiger partial charge in [-0.25, -0.2) is 4.39 Å². The number of phenols is 1. The van der Waals surface area contributed by atoms with Crippen LogP contribution in [0, 0.1) is 19.7 Å². The number of carbonyl (C=O) groups is 1. The number of fused-ring (bicyclic) bond motifs is 1. The van der Waals surface area contributed by atoms with Crippen LogP contribution in [0.25, 0.3) is 11.3 Å². The van der Waals surface area contributed by atoms with Gasteiger partial charge in [-0.15, -0.1) is 0 Å². The number of nitrogens with one attached hydrogen (secondary N) is 1. The number of aromatic amines is 1. The molecule has 0 bridgehead atoms. The van der Waals surface area contributed by atoms with Crippen LogP contribution in [0.15, 0.2) is 60.7 Å². The van der Waals surface area contributed by atoms with Crippen molar-refractivity contribution >= 4 is 5.91 Å². The summed E-state index contributed by atoms with van der Waals surface area (Å²) >= 11 is 0. The van der Waals surface area contributed by atoms with E-state index in [0.29, 0.717) is 30.1 Å². The van der Waals surface area contributed by atoms with E-state index >= 15 is 0 Å². The van der Waals surface area contributed by atoms with Crippen molar-refractivity contribution in [2.45, 2.75) is 59.0 Å². The van der Waals surface area contributed by atoms with Crippen LogP contribution in [0.2, 0.25) is 0 Å². The fourth-order valence-electron chi connectivity index (χ4n) is 5.40. The summed E-state index contributed by atoms with van der Waals surface area (Å²) in [7, 11) is 0. The van der Waals surface area contributed by atoms with E-state index < -0.39 is 6.04 Å². The summed E-state index contributed by atoms with van der Waals surface area (Å²) in [4.78, 5) is 15.5. The predicted octanol–water partition coefficient (Wildman–Crippen LogP) is 7.24. The molecular weight excluding hydrogens is 493 g/mol. The highest BCUT2D eigenvalue weighted by atomic mass is 19.1. The number of aromatic hydroxyl groups is 1. The Balaban J connectivity index is 1.53. The number of phenolic OH excluding ortho intramolecular Hbond substituents is 1. The number of unbranched alkanes of at least 4 members (excludes halogenated alkanes) is 3. The molecule has 1 amide bonds. The summed E-state index contributed by atoms with van der Waals surface area (Å²) in [5, 5.41) is 18.4. The smallest absolute Gasteiger partial charge is 0.273 e. The van der Waals surface area contributed by atoms with Crippen molar-refractivity contribution in [3.8, 4) is 22.8 Å². The van der Waals surface area contributed by atoms with Crippen LogP contribution < -0.4 is 4.74 Å². The Morgan fingerprint density at radius 2 is 1.77 bits per heavy atom. The second kappa shape index (κ2) is 11.3. The molecule has 5 rings (SSSR count). The van der Waals surface area contributed by atoms with Crippen molar-refractivity contribution in [2.24, 2.45) is 0 Å². The van der Waals surface area contributed by atoms with Gasteiger partial charge in [-0.3, -0.25) is 9.89 Å². The van der Waals surface area contributed by atoms with Gasteiger partial charge in [-0.2, -0.15) is 5.10 Å². The molecule has 0 saturated carbocycles. The fourth-order valence-corrected chi connectivity index (χ4v) is 5.40. The molecule has 1 aliphatic heterocycles. The third-order valence-electron chi connectivity index (χ3n) is 7.29. The molecule has 1 aliphatic rings. The first kappa shape index (κ1) is 26.5. The number of carbonyl (C=O) groups excluding carboxylic acids is 1. The van der Waals surface area contributed by atoms with Crippen molar-refractivity contribution in [1.29, 1.82) is 0 Å². The Labute approximate surface area is 228 Å². The van der Waals surface area contributed by atoms with Crippen molar-refractivity contribution < 1.29 is 19.0 Å². The molecule has 7 heteroatoms. The molecule has 0 fully saturated rings. The number of H-pyrrole nitrogens is 1. The monoisotopic (exact) mass is 527 g/mol. The molecule has 202 valence electrons. The Morgan fingerprint density at radius 1 is 1.03 bits per heavy atom. The van der Waals surface area contributed by atoms with Crippen LogP contribution >= 0.6 is 0 Å². The molecule has 1 atom stereocenters. The first-order chi connectivity index (χ1) is 18.9. The van der Waals surface area contributed by atoms with Crippen LogP contribution in [-0.4, -0.2) is 32.7 Å². The molecule has 1 aromatic heterocycles. The highest BCUT2D eigenvalue weighted by Gasteiger charge is 2.42. The van der Waals surface area contributed by atoms with Gasteiger partial charge in [-0.05, 0) is 72.9 Å². The SMILES string of the molecule is CCCCCCOc1ccc(C2c3c(-c4c(C)cc(C)cc4O)n[nH]c3C(=O)N2Cc2ccc(F)cc2)cc1. The van der Waals surface area contributed by atoms with Gasteiger partial charge in [0, 0.05) is 17.7 Å². The lowest BCUT2D eigenvalue weighted by molar-refractivity contribution is 0.0730. The van der Waals surface area contributed by atoms with E-state index in [-0.39, 0.29) is 17.5 Å². The topological polar surface area (TPSA) is 78.5 Å². The van der Waals surface area contributed by atoms with Crippen LogP contribution in [0.5, 0.6) is 11.5 Å². The van der Waals surface area contributed by atoms with E-state index in [1.165, 1.54) is 25.0 Å². The highest BCUT2D eigenvalue weighted by Crippen LogP contribution is 2.46. The Hall–Kier alpha value is -4.13. The zero-order valence-corrected chi connectivity index (χ0v) is 22.6. The number of nitrogens with zero attached hydrogens (tertiary/aromatic N) is 2. The molecule has 0 aliphatic carbocycles. The maximum Gasteiger partial charge on any atom is 0.273 e. The average molecular weight is 528 g/mol. The van der Waals surface area contributed by atoms with Gasteiger partial charge in [0.15, 0.2) is 0 Å². The number of amides is 1. The molecule has 2 N–H and O–H groups in total. The summed E-state index contributed by atoms with van der Waals surface area (Å²) in [6.07, 6.45) is 4.54. The van der Waals surface area contributed by atoms with E-state index in [0.717, 1.165) is 46.4 Å². The third-order valence-corrected chi connectivity index (χ3v) is 7.29. The van der Waals surface area contributed by atoms with Gasteiger partial charge >= 0.3 is 0 Å². The molecule has 0 radical (unpaired) electrons. The normalized spacial score (nSPS) is 14.6. The van der Waals surface area contributed by atoms with E-state index in [1.807, 2.05) is 44.2 Å². The molecule has 0 saturated heterocycles. The molecule has 1 unspecified atom stereocenters. The van der Waals surface area contributed by atoms with Crippen LogP contribution in [0.3, 0.4) is 0 Å².